The van der Waals surface area contributed by atoms with Gasteiger partial charge in [0, 0.05) is 17.7 Å². The molecule has 0 saturated carbocycles. The third-order valence-corrected chi connectivity index (χ3v) is 2.06. The van der Waals surface area contributed by atoms with Crippen molar-refractivity contribution in [1.82, 2.24) is 0 Å². The lowest BCUT2D eigenvalue weighted by Crippen LogP contribution is -2.05. The summed E-state index contributed by atoms with van der Waals surface area (Å²) in [6.07, 6.45) is 1.91. The smallest absolute Gasteiger partial charge is 0.270 e. The molecule has 0 atom stereocenters. The van der Waals surface area contributed by atoms with Gasteiger partial charge in [0.1, 0.15) is 12.4 Å². The van der Waals surface area contributed by atoms with Crippen molar-refractivity contribution < 1.29 is 9.66 Å². The van der Waals surface area contributed by atoms with Crippen LogP contribution in [0.3, 0.4) is 0 Å². The van der Waals surface area contributed by atoms with Crippen LogP contribution in [0.5, 0.6) is 5.75 Å². The fraction of sp³-hybridized carbons (Fsp3) is 0.333. The molecule has 0 amide bonds. The minimum atomic E-state index is -0.405. The van der Waals surface area contributed by atoms with E-state index in [2.05, 4.69) is 0 Å². The van der Waals surface area contributed by atoms with E-state index < -0.39 is 4.92 Å². The van der Waals surface area contributed by atoms with Gasteiger partial charge in [0.05, 0.1) is 4.92 Å². The van der Waals surface area contributed by atoms with Crippen molar-refractivity contribution in [1.29, 1.82) is 0 Å². The first-order valence-electron chi connectivity index (χ1n) is 5.25. The van der Waals surface area contributed by atoms with Crippen LogP contribution >= 0.6 is 0 Å². The molecule has 1 aromatic carbocycles. The lowest BCUT2D eigenvalue weighted by Gasteiger charge is -2.14. The van der Waals surface area contributed by atoms with Gasteiger partial charge in [0.25, 0.3) is 5.69 Å². The summed E-state index contributed by atoms with van der Waals surface area (Å²) in [6, 6.07) is 4.61. The highest BCUT2D eigenvalue weighted by Crippen LogP contribution is 2.29. The van der Waals surface area contributed by atoms with E-state index in [0.29, 0.717) is 12.4 Å². The Morgan fingerprint density at radius 3 is 2.69 bits per heavy atom. The summed E-state index contributed by atoms with van der Waals surface area (Å²) in [5.74, 6) is 0.709. The number of rotatable bonds is 1. The van der Waals surface area contributed by atoms with Crippen LogP contribution in [-0.2, 0) is 0 Å². The molecule has 0 aromatic heterocycles. The zero-order chi connectivity index (χ0) is 12.1. The largest absolute Gasteiger partial charge is 0.489 e. The Hall–Kier alpha value is -1.84. The highest BCUT2D eigenvalue weighted by molar-refractivity contribution is 5.64. The molecule has 2 rings (SSSR count). The van der Waals surface area contributed by atoms with Crippen molar-refractivity contribution in [2.45, 2.75) is 20.8 Å². The SMILES string of the molecule is CC.CC1=Cc2cc([N+](=O)[O-])ccc2OC1. The molecule has 1 aromatic rings. The van der Waals surface area contributed by atoms with Crippen molar-refractivity contribution in [2.75, 3.05) is 6.61 Å². The quantitative estimate of drug-likeness (QED) is 0.539. The summed E-state index contributed by atoms with van der Waals surface area (Å²) in [4.78, 5) is 10.1. The summed E-state index contributed by atoms with van der Waals surface area (Å²) in [5.41, 5.74) is 1.94. The predicted molar refractivity (Wildman–Crippen MR) is 63.6 cm³/mol. The van der Waals surface area contributed by atoms with E-state index in [1.807, 2.05) is 26.8 Å². The van der Waals surface area contributed by atoms with E-state index in [9.17, 15) is 10.1 Å². The van der Waals surface area contributed by atoms with Gasteiger partial charge in [-0.25, -0.2) is 0 Å². The number of nitrogens with zero attached hydrogens (tertiary/aromatic N) is 1. The number of non-ortho nitro benzene ring substituents is 1. The molecular weight excluding hydrogens is 206 g/mol. The van der Waals surface area contributed by atoms with Crippen LogP contribution in [0.1, 0.15) is 26.3 Å². The van der Waals surface area contributed by atoms with Crippen LogP contribution in [-0.4, -0.2) is 11.5 Å². The number of nitro groups is 1. The molecule has 0 radical (unpaired) electrons. The van der Waals surface area contributed by atoms with Gasteiger partial charge in [0.2, 0.25) is 0 Å². The summed E-state index contributed by atoms with van der Waals surface area (Å²) < 4.78 is 5.38. The molecule has 0 fully saturated rings. The monoisotopic (exact) mass is 221 g/mol. The molecule has 1 aliphatic rings. The maximum Gasteiger partial charge on any atom is 0.270 e. The topological polar surface area (TPSA) is 52.4 Å². The van der Waals surface area contributed by atoms with Gasteiger partial charge in [-0.3, -0.25) is 10.1 Å². The molecule has 4 nitrogen and oxygen atoms in total. The van der Waals surface area contributed by atoms with Gasteiger partial charge in [-0.1, -0.05) is 13.8 Å². The molecule has 0 bridgehead atoms. The predicted octanol–water partition coefficient (Wildman–Crippen LogP) is 3.42. The van der Waals surface area contributed by atoms with Crippen LogP contribution in [0.4, 0.5) is 5.69 Å². The highest BCUT2D eigenvalue weighted by Gasteiger charge is 2.13. The third kappa shape index (κ3) is 2.59. The second kappa shape index (κ2) is 5.30. The number of nitro benzene ring substituents is 1. The maximum atomic E-state index is 10.5. The fourth-order valence-corrected chi connectivity index (χ4v) is 1.39. The molecule has 0 N–H and O–H groups in total. The van der Waals surface area contributed by atoms with Crippen LogP contribution in [0.2, 0.25) is 0 Å². The second-order valence-corrected chi connectivity index (χ2v) is 3.26. The molecule has 1 heterocycles. The van der Waals surface area contributed by atoms with Crippen LogP contribution in [0.15, 0.2) is 23.8 Å². The van der Waals surface area contributed by atoms with Crippen LogP contribution in [0, 0.1) is 10.1 Å². The summed E-state index contributed by atoms with van der Waals surface area (Å²) in [5, 5.41) is 10.5. The highest BCUT2D eigenvalue weighted by atomic mass is 16.6. The first-order valence-corrected chi connectivity index (χ1v) is 5.25. The standard InChI is InChI=1S/C10H9NO3.C2H6/c1-7-4-8-5-9(11(12)13)2-3-10(8)14-6-7;1-2/h2-5H,6H2,1H3;1-2H3. The molecule has 1 aliphatic heterocycles. The van der Waals surface area contributed by atoms with Crippen LogP contribution in [0.25, 0.3) is 6.08 Å². The molecule has 86 valence electrons. The van der Waals surface area contributed by atoms with E-state index in [4.69, 9.17) is 4.74 Å². The Labute approximate surface area is 94.7 Å². The molecule has 4 heteroatoms. The van der Waals surface area contributed by atoms with E-state index >= 15 is 0 Å². The molecule has 0 spiro atoms. The molecule has 0 aliphatic carbocycles. The van der Waals surface area contributed by atoms with E-state index in [-0.39, 0.29) is 5.69 Å². The van der Waals surface area contributed by atoms with Gasteiger partial charge in [-0.05, 0) is 24.6 Å². The van der Waals surface area contributed by atoms with E-state index in [1.165, 1.54) is 12.1 Å². The van der Waals surface area contributed by atoms with Crippen molar-refractivity contribution in [2.24, 2.45) is 0 Å². The van der Waals surface area contributed by atoms with Gasteiger partial charge >= 0.3 is 0 Å². The Balaban J connectivity index is 0.000000606. The minimum absolute atomic E-state index is 0.0956. The molecule has 0 unspecified atom stereocenters. The molecular formula is C12H15NO3. The summed E-state index contributed by atoms with van der Waals surface area (Å²) in [6.45, 7) is 6.49. The summed E-state index contributed by atoms with van der Waals surface area (Å²) >= 11 is 0. The minimum Gasteiger partial charge on any atom is -0.489 e. The Kier molecular flexibility index (Phi) is 4.05. The third-order valence-electron chi connectivity index (χ3n) is 2.06. The molecule has 16 heavy (non-hydrogen) atoms. The van der Waals surface area contributed by atoms with Gasteiger partial charge < -0.3 is 4.74 Å². The molecule has 0 saturated heterocycles. The van der Waals surface area contributed by atoms with E-state index in [0.717, 1.165) is 11.1 Å². The first kappa shape index (κ1) is 12.2. The van der Waals surface area contributed by atoms with Gasteiger partial charge in [-0.2, -0.15) is 0 Å². The average Bonchev–Trinajstić information content (AvgIpc) is 2.30. The first-order chi connectivity index (χ1) is 7.66. The second-order valence-electron chi connectivity index (χ2n) is 3.26. The zero-order valence-electron chi connectivity index (χ0n) is 9.69. The number of hydrogen-bond acceptors (Lipinski definition) is 3. The van der Waals surface area contributed by atoms with Crippen molar-refractivity contribution in [3.05, 3.63) is 39.4 Å². The van der Waals surface area contributed by atoms with Crippen LogP contribution < -0.4 is 4.74 Å². The average molecular weight is 221 g/mol. The Bertz CT molecular complexity index is 424. The van der Waals surface area contributed by atoms with Crippen molar-refractivity contribution in [3.8, 4) is 5.75 Å². The number of ether oxygens (including phenoxy) is 1. The van der Waals surface area contributed by atoms with Crippen molar-refractivity contribution >= 4 is 11.8 Å². The number of hydrogen-bond donors (Lipinski definition) is 0. The Morgan fingerprint density at radius 2 is 2.06 bits per heavy atom. The van der Waals surface area contributed by atoms with Gasteiger partial charge in [-0.15, -0.1) is 0 Å². The normalized spacial score (nSPS) is 12.6. The summed E-state index contributed by atoms with van der Waals surface area (Å²) in [7, 11) is 0. The lowest BCUT2D eigenvalue weighted by molar-refractivity contribution is -0.384. The van der Waals surface area contributed by atoms with Gasteiger partial charge in [0.15, 0.2) is 0 Å². The van der Waals surface area contributed by atoms with E-state index in [1.54, 1.807) is 6.07 Å². The lowest BCUT2D eigenvalue weighted by atomic mass is 10.1. The number of benzene rings is 1. The Morgan fingerprint density at radius 1 is 1.38 bits per heavy atom. The zero-order valence-corrected chi connectivity index (χ0v) is 9.69. The maximum absolute atomic E-state index is 10.5. The van der Waals surface area contributed by atoms with Crippen molar-refractivity contribution in [3.63, 3.8) is 0 Å². The fourth-order valence-electron chi connectivity index (χ4n) is 1.39. The number of fused-ring (bicyclic) bond motifs is 1.